The first-order valence-electron chi connectivity index (χ1n) is 8.59. The minimum absolute atomic E-state index is 0.00475. The predicted molar refractivity (Wildman–Crippen MR) is 89.6 cm³/mol. The first kappa shape index (κ1) is 15.8. The number of hydrogen-bond acceptors (Lipinski definition) is 5. The van der Waals surface area contributed by atoms with Gasteiger partial charge < -0.3 is 14.3 Å². The molecule has 0 spiro atoms. The number of nitrogens with zero attached hydrogens (tertiary/aromatic N) is 4. The van der Waals surface area contributed by atoms with E-state index in [1.54, 1.807) is 16.7 Å². The molecule has 0 aliphatic carbocycles. The Morgan fingerprint density at radius 1 is 1.28 bits per heavy atom. The molecule has 2 atom stereocenters. The van der Waals surface area contributed by atoms with Crippen LogP contribution in [-0.4, -0.2) is 39.9 Å². The molecule has 25 heavy (non-hydrogen) atoms. The van der Waals surface area contributed by atoms with E-state index in [4.69, 9.17) is 4.52 Å². The molecule has 1 aromatic carbocycles. The van der Waals surface area contributed by atoms with Crippen molar-refractivity contribution in [2.24, 2.45) is 5.92 Å². The van der Waals surface area contributed by atoms with E-state index in [9.17, 15) is 9.59 Å². The van der Waals surface area contributed by atoms with Crippen LogP contribution in [0.3, 0.4) is 0 Å². The van der Waals surface area contributed by atoms with Gasteiger partial charge in [0.05, 0.1) is 5.92 Å². The molecule has 4 rings (SSSR count). The second-order valence-corrected chi connectivity index (χ2v) is 6.61. The smallest absolute Gasteiger partial charge is 0.249 e. The number of para-hydroxylation sites is 1. The number of carbonyl (C=O) groups is 2. The van der Waals surface area contributed by atoms with E-state index < -0.39 is 0 Å². The van der Waals surface area contributed by atoms with E-state index in [1.807, 2.05) is 30.3 Å². The SMILES string of the molecule is Cc1noc(C2CCCN2C(=O)C2CC(=O)N(c3ccccc3)C2)n1. The summed E-state index contributed by atoms with van der Waals surface area (Å²) in [5.41, 5.74) is 0.841. The van der Waals surface area contributed by atoms with Crippen LogP contribution < -0.4 is 4.90 Å². The Balaban J connectivity index is 1.50. The number of aryl methyl sites for hydroxylation is 1. The highest BCUT2D eigenvalue weighted by atomic mass is 16.5. The van der Waals surface area contributed by atoms with Crippen LogP contribution in [-0.2, 0) is 9.59 Å². The summed E-state index contributed by atoms with van der Waals surface area (Å²) in [7, 11) is 0. The third kappa shape index (κ3) is 2.90. The number of benzene rings is 1. The first-order valence-corrected chi connectivity index (χ1v) is 8.59. The van der Waals surface area contributed by atoms with Gasteiger partial charge in [0.15, 0.2) is 5.82 Å². The molecular formula is C18H20N4O3. The molecule has 2 aromatic rings. The summed E-state index contributed by atoms with van der Waals surface area (Å²) in [6, 6.07) is 9.32. The van der Waals surface area contributed by atoms with Gasteiger partial charge in [-0.25, -0.2) is 0 Å². The topological polar surface area (TPSA) is 79.5 Å². The van der Waals surface area contributed by atoms with Gasteiger partial charge in [-0.2, -0.15) is 4.98 Å². The fraction of sp³-hybridized carbons (Fsp3) is 0.444. The minimum Gasteiger partial charge on any atom is -0.337 e. The van der Waals surface area contributed by atoms with Gasteiger partial charge in [0, 0.05) is 25.2 Å². The van der Waals surface area contributed by atoms with Crippen molar-refractivity contribution in [2.75, 3.05) is 18.0 Å². The summed E-state index contributed by atoms with van der Waals surface area (Å²) in [5, 5.41) is 3.83. The van der Waals surface area contributed by atoms with Crippen molar-refractivity contribution in [1.29, 1.82) is 0 Å². The average Bonchev–Trinajstić information content (AvgIpc) is 3.34. The molecule has 0 saturated carbocycles. The van der Waals surface area contributed by atoms with Crippen LogP contribution in [0.15, 0.2) is 34.9 Å². The molecule has 0 N–H and O–H groups in total. The molecular weight excluding hydrogens is 320 g/mol. The molecule has 7 heteroatoms. The molecule has 0 bridgehead atoms. The quantitative estimate of drug-likeness (QED) is 0.855. The molecule has 2 aliphatic rings. The Kier molecular flexibility index (Phi) is 3.99. The van der Waals surface area contributed by atoms with Crippen LogP contribution >= 0.6 is 0 Å². The van der Waals surface area contributed by atoms with Crippen molar-refractivity contribution < 1.29 is 14.1 Å². The van der Waals surface area contributed by atoms with Crippen LogP contribution in [0.2, 0.25) is 0 Å². The fourth-order valence-corrected chi connectivity index (χ4v) is 3.70. The molecule has 130 valence electrons. The highest BCUT2D eigenvalue weighted by molar-refractivity contribution is 6.00. The Morgan fingerprint density at radius 2 is 2.08 bits per heavy atom. The zero-order chi connectivity index (χ0) is 17.4. The highest BCUT2D eigenvalue weighted by Gasteiger charge is 2.41. The van der Waals surface area contributed by atoms with Gasteiger partial charge in [0.2, 0.25) is 17.7 Å². The van der Waals surface area contributed by atoms with Crippen molar-refractivity contribution >= 4 is 17.5 Å². The molecule has 2 amide bonds. The molecule has 2 unspecified atom stereocenters. The second-order valence-electron chi connectivity index (χ2n) is 6.61. The number of amides is 2. The number of anilines is 1. The third-order valence-corrected chi connectivity index (χ3v) is 4.91. The Labute approximate surface area is 145 Å². The maximum absolute atomic E-state index is 13.0. The number of likely N-dealkylation sites (tertiary alicyclic amines) is 1. The standard InChI is InChI=1S/C18H20N4O3/c1-12-19-17(25-20-12)15-8-5-9-21(15)18(24)13-10-16(23)22(11-13)14-6-3-2-4-7-14/h2-4,6-7,13,15H,5,8-11H2,1H3. The molecule has 2 aliphatic heterocycles. The van der Waals surface area contributed by atoms with Crippen molar-refractivity contribution in [3.63, 3.8) is 0 Å². The molecule has 3 heterocycles. The van der Waals surface area contributed by atoms with Gasteiger partial charge in [0.1, 0.15) is 6.04 Å². The zero-order valence-corrected chi connectivity index (χ0v) is 14.1. The number of hydrogen-bond donors (Lipinski definition) is 0. The van der Waals surface area contributed by atoms with Crippen LogP contribution in [0, 0.1) is 12.8 Å². The Morgan fingerprint density at radius 3 is 2.80 bits per heavy atom. The summed E-state index contributed by atoms with van der Waals surface area (Å²) in [4.78, 5) is 33.2. The van der Waals surface area contributed by atoms with Crippen LogP contribution in [0.4, 0.5) is 5.69 Å². The molecule has 0 radical (unpaired) electrons. The number of rotatable bonds is 3. The summed E-state index contributed by atoms with van der Waals surface area (Å²) in [6.07, 6.45) is 1.97. The molecule has 7 nitrogen and oxygen atoms in total. The molecule has 2 fully saturated rings. The number of carbonyl (C=O) groups excluding carboxylic acids is 2. The van der Waals surface area contributed by atoms with E-state index in [0.29, 0.717) is 24.8 Å². The summed E-state index contributed by atoms with van der Waals surface area (Å²) in [6.45, 7) is 2.86. The molecule has 2 saturated heterocycles. The largest absolute Gasteiger partial charge is 0.337 e. The highest BCUT2D eigenvalue weighted by Crippen LogP contribution is 2.34. The van der Waals surface area contributed by atoms with Crippen molar-refractivity contribution in [3.8, 4) is 0 Å². The Hall–Kier alpha value is -2.70. The van der Waals surface area contributed by atoms with Gasteiger partial charge in [-0.15, -0.1) is 0 Å². The maximum atomic E-state index is 13.0. The third-order valence-electron chi connectivity index (χ3n) is 4.91. The lowest BCUT2D eigenvalue weighted by molar-refractivity contribution is -0.137. The van der Waals surface area contributed by atoms with Gasteiger partial charge in [0.25, 0.3) is 0 Å². The maximum Gasteiger partial charge on any atom is 0.249 e. The fourth-order valence-electron chi connectivity index (χ4n) is 3.70. The van der Waals surface area contributed by atoms with Gasteiger partial charge in [-0.3, -0.25) is 9.59 Å². The van der Waals surface area contributed by atoms with E-state index in [2.05, 4.69) is 10.1 Å². The lowest BCUT2D eigenvalue weighted by Crippen LogP contribution is -2.37. The van der Waals surface area contributed by atoms with Gasteiger partial charge in [-0.1, -0.05) is 23.4 Å². The molecule has 1 aromatic heterocycles. The van der Waals surface area contributed by atoms with Gasteiger partial charge >= 0.3 is 0 Å². The van der Waals surface area contributed by atoms with Crippen LogP contribution in [0.5, 0.6) is 0 Å². The average molecular weight is 340 g/mol. The predicted octanol–water partition coefficient (Wildman–Crippen LogP) is 2.09. The lowest BCUT2D eigenvalue weighted by atomic mass is 10.1. The van der Waals surface area contributed by atoms with E-state index in [0.717, 1.165) is 18.5 Å². The lowest BCUT2D eigenvalue weighted by Gasteiger charge is -2.25. The van der Waals surface area contributed by atoms with Crippen molar-refractivity contribution in [2.45, 2.75) is 32.2 Å². The van der Waals surface area contributed by atoms with Gasteiger partial charge in [-0.05, 0) is 31.9 Å². The Bertz CT molecular complexity index is 789. The van der Waals surface area contributed by atoms with Crippen molar-refractivity contribution in [1.82, 2.24) is 15.0 Å². The zero-order valence-electron chi connectivity index (χ0n) is 14.1. The van der Waals surface area contributed by atoms with Crippen LogP contribution in [0.25, 0.3) is 0 Å². The second kappa shape index (κ2) is 6.31. The van der Waals surface area contributed by atoms with E-state index >= 15 is 0 Å². The van der Waals surface area contributed by atoms with Crippen LogP contribution in [0.1, 0.15) is 37.0 Å². The summed E-state index contributed by atoms with van der Waals surface area (Å²) in [5.74, 6) is 0.740. The summed E-state index contributed by atoms with van der Waals surface area (Å²) < 4.78 is 5.27. The van der Waals surface area contributed by atoms with Crippen molar-refractivity contribution in [3.05, 3.63) is 42.0 Å². The van der Waals surface area contributed by atoms with E-state index in [1.165, 1.54) is 0 Å². The monoisotopic (exact) mass is 340 g/mol. The minimum atomic E-state index is -0.322. The normalized spacial score (nSPS) is 23.5. The van der Waals surface area contributed by atoms with E-state index in [-0.39, 0.29) is 30.2 Å². The summed E-state index contributed by atoms with van der Waals surface area (Å²) >= 11 is 0. The number of aromatic nitrogens is 2. The first-order chi connectivity index (χ1) is 12.1.